The molecule has 1 aromatic carbocycles. The predicted octanol–water partition coefficient (Wildman–Crippen LogP) is 2.38. The number of ether oxygens (including phenoxy) is 1. The van der Waals surface area contributed by atoms with E-state index >= 15 is 0 Å². The van der Waals surface area contributed by atoms with E-state index in [-0.39, 0.29) is 0 Å². The average molecular weight is 260 g/mol. The van der Waals surface area contributed by atoms with E-state index < -0.39 is 0 Å². The highest BCUT2D eigenvalue weighted by atomic mass is 16.5. The molecule has 0 atom stereocenters. The maximum absolute atomic E-state index is 5.63. The topological polar surface area (TPSA) is 51.6 Å². The molecule has 2 rings (SSSR count). The van der Waals surface area contributed by atoms with Gasteiger partial charge in [0, 0.05) is 18.7 Å². The van der Waals surface area contributed by atoms with Gasteiger partial charge in [-0.1, -0.05) is 12.1 Å². The lowest BCUT2D eigenvalue weighted by atomic mass is 10.2. The van der Waals surface area contributed by atoms with Gasteiger partial charge in [-0.05, 0) is 30.8 Å². The second-order valence-electron chi connectivity index (χ2n) is 4.60. The zero-order valence-electron chi connectivity index (χ0n) is 11.4. The number of nitrogens with two attached hydrogens (primary N) is 1. The molecule has 0 aliphatic carbocycles. The lowest BCUT2D eigenvalue weighted by Crippen LogP contribution is -2.18. The Bertz CT molecular complexity index is 522. The van der Waals surface area contributed by atoms with Gasteiger partial charge in [0.05, 0.1) is 19.9 Å². The molecular formula is C15H20N2O2. The number of rotatable bonds is 6. The molecule has 0 bridgehead atoms. The summed E-state index contributed by atoms with van der Waals surface area (Å²) in [6.45, 7) is 2.11. The number of benzene rings is 1. The molecule has 2 N–H and O–H groups in total. The summed E-state index contributed by atoms with van der Waals surface area (Å²) in [5.41, 5.74) is 8.00. The minimum atomic E-state index is 0.440. The molecule has 1 aromatic heterocycles. The van der Waals surface area contributed by atoms with Gasteiger partial charge < -0.3 is 14.9 Å². The molecule has 0 saturated heterocycles. The molecule has 4 heteroatoms. The molecule has 1 heterocycles. The number of hydrogen-bond donors (Lipinski definition) is 1. The average Bonchev–Trinajstić information content (AvgIpc) is 2.86. The second-order valence-corrected chi connectivity index (χ2v) is 4.60. The molecule has 0 aliphatic rings. The Balaban J connectivity index is 1.99. The summed E-state index contributed by atoms with van der Waals surface area (Å²) >= 11 is 0. The van der Waals surface area contributed by atoms with Crippen molar-refractivity contribution in [3.05, 3.63) is 53.5 Å². The molecule has 0 saturated carbocycles. The first kappa shape index (κ1) is 13.6. The third-order valence-corrected chi connectivity index (χ3v) is 3.05. The number of furan rings is 1. The Hall–Kier alpha value is -1.78. The van der Waals surface area contributed by atoms with E-state index in [1.54, 1.807) is 13.4 Å². The van der Waals surface area contributed by atoms with Crippen LogP contribution in [-0.2, 0) is 19.6 Å². The summed E-state index contributed by atoms with van der Waals surface area (Å²) in [6, 6.07) is 10.1. The third kappa shape index (κ3) is 3.59. The van der Waals surface area contributed by atoms with Crippen LogP contribution in [0.15, 0.2) is 41.0 Å². The van der Waals surface area contributed by atoms with E-state index in [1.807, 2.05) is 18.2 Å². The largest absolute Gasteiger partial charge is 0.497 e. The van der Waals surface area contributed by atoms with Gasteiger partial charge in [0.2, 0.25) is 0 Å². The monoisotopic (exact) mass is 260 g/mol. The van der Waals surface area contributed by atoms with Crippen LogP contribution in [-0.4, -0.2) is 19.1 Å². The van der Waals surface area contributed by atoms with E-state index in [1.165, 1.54) is 5.56 Å². The Morgan fingerprint density at radius 2 is 2.11 bits per heavy atom. The third-order valence-electron chi connectivity index (χ3n) is 3.05. The number of methoxy groups -OCH3 is 1. The van der Waals surface area contributed by atoms with Crippen molar-refractivity contribution in [1.82, 2.24) is 4.90 Å². The molecule has 0 amide bonds. The van der Waals surface area contributed by atoms with Crippen molar-refractivity contribution < 1.29 is 9.15 Å². The van der Waals surface area contributed by atoms with Crippen LogP contribution in [0.1, 0.15) is 16.9 Å². The fourth-order valence-corrected chi connectivity index (χ4v) is 2.12. The summed E-state index contributed by atoms with van der Waals surface area (Å²) in [4.78, 5) is 2.22. The van der Waals surface area contributed by atoms with E-state index in [2.05, 4.69) is 24.1 Å². The van der Waals surface area contributed by atoms with Crippen LogP contribution < -0.4 is 10.5 Å². The van der Waals surface area contributed by atoms with E-state index in [0.29, 0.717) is 6.54 Å². The fraction of sp³-hybridized carbons (Fsp3) is 0.333. The number of nitrogens with zero attached hydrogens (tertiary/aromatic N) is 1. The molecule has 4 nitrogen and oxygen atoms in total. The van der Waals surface area contributed by atoms with E-state index in [9.17, 15) is 0 Å². The molecule has 0 fully saturated rings. The first-order chi connectivity index (χ1) is 9.22. The minimum absolute atomic E-state index is 0.440. The lowest BCUT2D eigenvalue weighted by Gasteiger charge is -2.17. The van der Waals surface area contributed by atoms with Gasteiger partial charge in [0.1, 0.15) is 11.5 Å². The van der Waals surface area contributed by atoms with Gasteiger partial charge in [0.25, 0.3) is 0 Å². The Kier molecular flexibility index (Phi) is 4.60. The van der Waals surface area contributed by atoms with Crippen LogP contribution in [0.2, 0.25) is 0 Å². The van der Waals surface area contributed by atoms with Crippen molar-refractivity contribution >= 4 is 0 Å². The Morgan fingerprint density at radius 1 is 1.26 bits per heavy atom. The van der Waals surface area contributed by atoms with Gasteiger partial charge >= 0.3 is 0 Å². The summed E-state index contributed by atoms with van der Waals surface area (Å²) in [6.07, 6.45) is 1.69. The predicted molar refractivity (Wildman–Crippen MR) is 74.8 cm³/mol. The van der Waals surface area contributed by atoms with Gasteiger partial charge in [-0.15, -0.1) is 0 Å². The van der Waals surface area contributed by atoms with Crippen molar-refractivity contribution in [2.45, 2.75) is 19.6 Å². The smallest absolute Gasteiger partial charge is 0.121 e. The molecule has 102 valence electrons. The van der Waals surface area contributed by atoms with Crippen molar-refractivity contribution in [1.29, 1.82) is 0 Å². The molecular weight excluding hydrogens is 240 g/mol. The summed E-state index contributed by atoms with van der Waals surface area (Å²) in [7, 11) is 3.76. The molecule has 0 aliphatic heterocycles. The molecule has 0 radical (unpaired) electrons. The van der Waals surface area contributed by atoms with Crippen LogP contribution in [0.3, 0.4) is 0 Å². The molecule has 2 aromatic rings. The van der Waals surface area contributed by atoms with Gasteiger partial charge in [0.15, 0.2) is 0 Å². The highest BCUT2D eigenvalue weighted by Crippen LogP contribution is 2.16. The highest BCUT2D eigenvalue weighted by molar-refractivity contribution is 5.28. The fourth-order valence-electron chi connectivity index (χ4n) is 2.12. The number of hydrogen-bond acceptors (Lipinski definition) is 4. The Morgan fingerprint density at radius 3 is 2.84 bits per heavy atom. The zero-order valence-corrected chi connectivity index (χ0v) is 11.4. The van der Waals surface area contributed by atoms with Crippen LogP contribution in [0, 0.1) is 0 Å². The van der Waals surface area contributed by atoms with E-state index in [0.717, 1.165) is 30.2 Å². The summed E-state index contributed by atoms with van der Waals surface area (Å²) in [5.74, 6) is 1.74. The maximum Gasteiger partial charge on any atom is 0.121 e. The first-order valence-corrected chi connectivity index (χ1v) is 6.29. The van der Waals surface area contributed by atoms with Crippen LogP contribution >= 0.6 is 0 Å². The van der Waals surface area contributed by atoms with Crippen LogP contribution in [0.25, 0.3) is 0 Å². The van der Waals surface area contributed by atoms with Gasteiger partial charge in [-0.2, -0.15) is 0 Å². The zero-order chi connectivity index (χ0) is 13.7. The first-order valence-electron chi connectivity index (χ1n) is 6.29. The van der Waals surface area contributed by atoms with Crippen LogP contribution in [0.5, 0.6) is 5.75 Å². The SMILES string of the molecule is COc1cccc(CN(C)Cc2ccoc2CN)c1. The highest BCUT2D eigenvalue weighted by Gasteiger charge is 2.08. The second kappa shape index (κ2) is 6.41. The Labute approximate surface area is 113 Å². The van der Waals surface area contributed by atoms with E-state index in [4.69, 9.17) is 14.9 Å². The molecule has 0 spiro atoms. The van der Waals surface area contributed by atoms with Crippen molar-refractivity contribution in [3.63, 3.8) is 0 Å². The van der Waals surface area contributed by atoms with Crippen molar-refractivity contribution in [2.75, 3.05) is 14.2 Å². The minimum Gasteiger partial charge on any atom is -0.497 e. The van der Waals surface area contributed by atoms with Gasteiger partial charge in [-0.25, -0.2) is 0 Å². The summed E-state index contributed by atoms with van der Waals surface area (Å²) < 4.78 is 10.6. The summed E-state index contributed by atoms with van der Waals surface area (Å²) in [5, 5.41) is 0. The van der Waals surface area contributed by atoms with Crippen molar-refractivity contribution in [2.24, 2.45) is 5.73 Å². The van der Waals surface area contributed by atoms with Crippen LogP contribution in [0.4, 0.5) is 0 Å². The van der Waals surface area contributed by atoms with Gasteiger partial charge in [-0.3, -0.25) is 4.90 Å². The lowest BCUT2D eigenvalue weighted by molar-refractivity contribution is 0.314. The molecule has 0 unspecified atom stereocenters. The molecule has 19 heavy (non-hydrogen) atoms. The normalized spacial score (nSPS) is 10.9. The standard InChI is InChI=1S/C15H20N2O2/c1-17(11-13-6-7-19-15(13)9-16)10-12-4-3-5-14(8-12)18-2/h3-8H,9-11,16H2,1-2H3. The van der Waals surface area contributed by atoms with Crippen molar-refractivity contribution in [3.8, 4) is 5.75 Å². The quantitative estimate of drug-likeness (QED) is 0.866. The maximum atomic E-state index is 5.63.